The average Bonchev–Trinajstić information content (AvgIpc) is 3.52. The maximum absolute atomic E-state index is 12.8. The quantitative estimate of drug-likeness (QED) is 0.240. The lowest BCUT2D eigenvalue weighted by Crippen LogP contribution is -2.38. The number of aliphatic hydroxyl groups excluding tert-OH is 1. The first kappa shape index (κ1) is 23.4. The van der Waals surface area contributed by atoms with Crippen LogP contribution in [0.5, 0.6) is 0 Å². The minimum Gasteiger partial charge on any atom is -0.376 e. The second-order valence-corrected chi connectivity index (χ2v) is 9.33. The number of anilines is 3. The van der Waals surface area contributed by atoms with Crippen molar-refractivity contribution in [1.29, 1.82) is 0 Å². The van der Waals surface area contributed by atoms with Crippen LogP contribution in [0.15, 0.2) is 35.2 Å². The fourth-order valence-corrected chi connectivity index (χ4v) is 4.65. The number of hydrogen-bond acceptors (Lipinski definition) is 8. The molecule has 0 aliphatic rings. The lowest BCUT2D eigenvalue weighted by atomic mass is 10.2. The topological polar surface area (TPSA) is 124 Å². The van der Waals surface area contributed by atoms with Crippen LogP contribution in [0, 0.1) is 6.92 Å². The average molecular weight is 533 g/mol. The van der Waals surface area contributed by atoms with Crippen LogP contribution in [0.2, 0.25) is 0 Å². The highest BCUT2D eigenvalue weighted by molar-refractivity contribution is 9.10. The summed E-state index contributed by atoms with van der Waals surface area (Å²) in [5.74, 6) is 0.369. The number of hydrogen-bond donors (Lipinski definition) is 4. The third kappa shape index (κ3) is 5.08. The van der Waals surface area contributed by atoms with Gasteiger partial charge in [-0.15, -0.1) is 0 Å². The molecule has 1 unspecified atom stereocenters. The van der Waals surface area contributed by atoms with Gasteiger partial charge in [-0.2, -0.15) is 10.2 Å². The van der Waals surface area contributed by atoms with Crippen molar-refractivity contribution in [3.63, 3.8) is 0 Å². The fourth-order valence-electron chi connectivity index (χ4n) is 3.50. The zero-order chi connectivity index (χ0) is 23.5. The minimum absolute atomic E-state index is 0.264. The molecule has 0 aliphatic heterocycles. The number of carbonyl (C=O) groups excluding carboxylic acids is 1. The molecule has 33 heavy (non-hydrogen) atoms. The molecule has 1 atom stereocenters. The van der Waals surface area contributed by atoms with Gasteiger partial charge in [0.1, 0.15) is 11.1 Å². The van der Waals surface area contributed by atoms with Gasteiger partial charge in [-0.25, -0.2) is 4.98 Å². The van der Waals surface area contributed by atoms with Gasteiger partial charge in [0.2, 0.25) is 0 Å². The monoisotopic (exact) mass is 532 g/mol. The Balaban J connectivity index is 1.45. The first-order valence-corrected chi connectivity index (χ1v) is 12.1. The Labute approximate surface area is 203 Å². The summed E-state index contributed by atoms with van der Waals surface area (Å²) in [6, 6.07) is 3.74. The van der Waals surface area contributed by atoms with Gasteiger partial charge in [-0.05, 0) is 48.1 Å². The van der Waals surface area contributed by atoms with E-state index >= 15 is 0 Å². The number of nitrogens with zero attached hydrogens (tertiary/aromatic N) is 5. The molecule has 0 fully saturated rings. The molecule has 0 radical (unpaired) electrons. The number of aromatic nitrogens is 5. The number of fused-ring (bicyclic) bond motifs is 1. The number of aromatic amines is 1. The van der Waals surface area contributed by atoms with Crippen LogP contribution in [-0.2, 0) is 6.54 Å². The highest BCUT2D eigenvalue weighted by Crippen LogP contribution is 2.32. The minimum atomic E-state index is -0.610. The van der Waals surface area contributed by atoms with Gasteiger partial charge in [-0.1, -0.05) is 25.2 Å². The Morgan fingerprint density at radius 3 is 2.88 bits per heavy atom. The molecule has 12 heteroatoms. The van der Waals surface area contributed by atoms with Crippen molar-refractivity contribution in [1.82, 2.24) is 29.9 Å². The summed E-state index contributed by atoms with van der Waals surface area (Å²) in [7, 11) is 0. The lowest BCUT2D eigenvalue weighted by molar-refractivity contribution is -0.00431. The Hall–Kier alpha value is -2.80. The normalized spacial score (nSPS) is 12.4. The van der Waals surface area contributed by atoms with Crippen LogP contribution in [0.3, 0.4) is 0 Å². The number of amides is 1. The van der Waals surface area contributed by atoms with Gasteiger partial charge in [0.15, 0.2) is 10.9 Å². The Bertz CT molecular complexity index is 1260. The van der Waals surface area contributed by atoms with Crippen molar-refractivity contribution < 1.29 is 9.90 Å². The van der Waals surface area contributed by atoms with Crippen molar-refractivity contribution in [2.75, 3.05) is 23.7 Å². The van der Waals surface area contributed by atoms with Crippen molar-refractivity contribution in [2.45, 2.75) is 33.5 Å². The molecule has 4 N–H and O–H groups in total. The van der Waals surface area contributed by atoms with E-state index in [1.807, 2.05) is 44.0 Å². The van der Waals surface area contributed by atoms with Crippen molar-refractivity contribution in [3.05, 3.63) is 45.6 Å². The number of benzene rings is 1. The summed E-state index contributed by atoms with van der Waals surface area (Å²) in [5.41, 5.74) is 2.39. The zero-order valence-electron chi connectivity index (χ0n) is 18.5. The maximum Gasteiger partial charge on any atom is 0.267 e. The van der Waals surface area contributed by atoms with E-state index in [-0.39, 0.29) is 5.91 Å². The van der Waals surface area contributed by atoms with E-state index in [0.717, 1.165) is 34.0 Å². The number of thiazole rings is 1. The number of halogens is 1. The van der Waals surface area contributed by atoms with Crippen molar-refractivity contribution in [3.8, 4) is 0 Å². The molecule has 0 saturated carbocycles. The summed E-state index contributed by atoms with van der Waals surface area (Å²) in [5, 5.41) is 29.3. The van der Waals surface area contributed by atoms with E-state index in [9.17, 15) is 9.90 Å². The molecule has 1 amide bonds. The van der Waals surface area contributed by atoms with Gasteiger partial charge >= 0.3 is 0 Å². The number of aryl methyl sites for hydroxylation is 1. The number of carbonyl (C=O) groups is 1. The van der Waals surface area contributed by atoms with E-state index in [2.05, 4.69) is 46.8 Å². The SMILES string of the molecule is CCN(CC)C(O)Cn1cc(C)c(Nc2ncc(C(=O)Nc3c(Br)ccc4[nH]ncc34)s2)n1. The van der Waals surface area contributed by atoms with Gasteiger partial charge in [0.05, 0.1) is 30.1 Å². The summed E-state index contributed by atoms with van der Waals surface area (Å²) < 4.78 is 2.48. The molecule has 0 aliphatic carbocycles. The standard InChI is InChI=1S/C21H25BrN8O2S/c1-4-29(5-2)17(31)11-30-10-12(3)19(28-30)26-21-23-9-16(33-21)20(32)25-18-13-8-24-27-15(13)7-6-14(18)22/h6-10,17,31H,4-5,11H2,1-3H3,(H,24,27)(H,25,32)(H,23,26,28). The molecule has 10 nitrogen and oxygen atoms in total. The lowest BCUT2D eigenvalue weighted by Gasteiger charge is -2.24. The Morgan fingerprint density at radius 2 is 2.12 bits per heavy atom. The summed E-state index contributed by atoms with van der Waals surface area (Å²) in [4.78, 5) is 19.6. The van der Waals surface area contributed by atoms with Crippen LogP contribution < -0.4 is 10.6 Å². The molecule has 3 aromatic heterocycles. The van der Waals surface area contributed by atoms with Crippen molar-refractivity contribution >= 4 is 60.7 Å². The number of rotatable bonds is 9. The third-order valence-electron chi connectivity index (χ3n) is 5.30. The fraction of sp³-hybridized carbons (Fsp3) is 0.333. The second-order valence-electron chi connectivity index (χ2n) is 7.45. The first-order chi connectivity index (χ1) is 15.9. The molecule has 0 saturated heterocycles. The molecule has 0 spiro atoms. The number of H-pyrrole nitrogens is 1. The molecule has 3 heterocycles. The molecule has 1 aromatic carbocycles. The number of nitrogens with one attached hydrogen (secondary N) is 3. The van der Waals surface area contributed by atoms with Gasteiger partial charge in [-0.3, -0.25) is 19.5 Å². The smallest absolute Gasteiger partial charge is 0.267 e. The van der Waals surface area contributed by atoms with Gasteiger partial charge < -0.3 is 15.7 Å². The summed E-state index contributed by atoms with van der Waals surface area (Å²) in [6.07, 6.45) is 4.47. The second kappa shape index (κ2) is 10.00. The first-order valence-electron chi connectivity index (χ1n) is 10.5. The molecular weight excluding hydrogens is 508 g/mol. The highest BCUT2D eigenvalue weighted by atomic mass is 79.9. The predicted octanol–water partition coefficient (Wildman–Crippen LogP) is 3.94. The van der Waals surface area contributed by atoms with E-state index in [4.69, 9.17) is 0 Å². The van der Waals surface area contributed by atoms with E-state index in [1.54, 1.807) is 10.9 Å². The summed E-state index contributed by atoms with van der Waals surface area (Å²) in [6.45, 7) is 7.85. The number of likely N-dealkylation sites (N-methyl/N-ethyl adjacent to an activating group) is 1. The van der Waals surface area contributed by atoms with Crippen molar-refractivity contribution in [2.24, 2.45) is 0 Å². The summed E-state index contributed by atoms with van der Waals surface area (Å²) >= 11 is 4.72. The van der Waals surface area contributed by atoms with Crippen LogP contribution in [0.4, 0.5) is 16.6 Å². The molecular formula is C21H25BrN8O2S. The molecule has 0 bridgehead atoms. The van der Waals surface area contributed by atoms with Crippen LogP contribution >= 0.6 is 27.3 Å². The number of aliphatic hydroxyl groups is 1. The van der Waals surface area contributed by atoms with Crippen LogP contribution in [0.1, 0.15) is 29.1 Å². The van der Waals surface area contributed by atoms with Gasteiger partial charge in [0.25, 0.3) is 5.91 Å². The molecule has 4 aromatic rings. The third-order valence-corrected chi connectivity index (χ3v) is 6.87. The molecule has 4 rings (SSSR count). The predicted molar refractivity (Wildman–Crippen MR) is 133 cm³/mol. The van der Waals surface area contributed by atoms with E-state index < -0.39 is 6.23 Å². The van der Waals surface area contributed by atoms with E-state index in [1.165, 1.54) is 17.5 Å². The molecule has 174 valence electrons. The zero-order valence-corrected chi connectivity index (χ0v) is 20.9. The largest absolute Gasteiger partial charge is 0.376 e. The Morgan fingerprint density at radius 1 is 1.33 bits per heavy atom. The van der Waals surface area contributed by atoms with E-state index in [0.29, 0.717) is 28.1 Å². The Kier molecular flexibility index (Phi) is 7.08. The van der Waals surface area contributed by atoms with Crippen LogP contribution in [0.25, 0.3) is 10.9 Å². The highest BCUT2D eigenvalue weighted by Gasteiger charge is 2.17. The maximum atomic E-state index is 12.8. The van der Waals surface area contributed by atoms with Crippen LogP contribution in [-0.4, -0.2) is 60.2 Å². The van der Waals surface area contributed by atoms with Gasteiger partial charge in [0, 0.05) is 21.6 Å².